The number of carbonyl (C=O) groups excluding carboxylic acids is 2. The van der Waals surface area contributed by atoms with Gasteiger partial charge in [0.05, 0.1) is 14.2 Å². The number of benzene rings is 1. The topological polar surface area (TPSA) is 59.1 Å². The van der Waals surface area contributed by atoms with Crippen molar-refractivity contribution in [3.63, 3.8) is 0 Å². The van der Waals surface area contributed by atoms with Crippen LogP contribution in [0.1, 0.15) is 25.3 Å². The summed E-state index contributed by atoms with van der Waals surface area (Å²) in [6, 6.07) is 5.37. The lowest BCUT2D eigenvalue weighted by molar-refractivity contribution is -0.154. The molecule has 1 saturated heterocycles. The van der Waals surface area contributed by atoms with Crippen molar-refractivity contribution in [2.75, 3.05) is 27.3 Å². The average molecular weight is 318 g/mol. The number of nitrogens with zero attached hydrogens (tertiary/aromatic N) is 2. The van der Waals surface area contributed by atoms with Gasteiger partial charge in [0.25, 0.3) is 5.91 Å². The Kier molecular flexibility index (Phi) is 5.62. The highest BCUT2D eigenvalue weighted by Gasteiger charge is 2.28. The van der Waals surface area contributed by atoms with Crippen LogP contribution in [0.2, 0.25) is 0 Å². The lowest BCUT2D eigenvalue weighted by Gasteiger charge is -2.26. The minimum atomic E-state index is -0.214. The van der Waals surface area contributed by atoms with Gasteiger partial charge in [-0.15, -0.1) is 0 Å². The van der Waals surface area contributed by atoms with E-state index in [1.807, 2.05) is 0 Å². The van der Waals surface area contributed by atoms with Gasteiger partial charge < -0.3 is 9.47 Å². The molecule has 0 atom stereocenters. The van der Waals surface area contributed by atoms with Crippen LogP contribution >= 0.6 is 0 Å². The zero-order valence-corrected chi connectivity index (χ0v) is 13.7. The molecule has 6 heteroatoms. The Labute approximate surface area is 136 Å². The van der Waals surface area contributed by atoms with E-state index in [-0.39, 0.29) is 11.8 Å². The van der Waals surface area contributed by atoms with Gasteiger partial charge in [0.1, 0.15) is 11.5 Å². The minimum Gasteiger partial charge on any atom is -0.497 e. The third kappa shape index (κ3) is 3.83. The van der Waals surface area contributed by atoms with Crippen LogP contribution in [0.5, 0.6) is 11.5 Å². The summed E-state index contributed by atoms with van der Waals surface area (Å²) in [7, 11) is 3.15. The maximum atomic E-state index is 12.4. The van der Waals surface area contributed by atoms with E-state index < -0.39 is 0 Å². The molecular weight excluding hydrogens is 296 g/mol. The summed E-state index contributed by atoms with van der Waals surface area (Å²) in [6.07, 6.45) is 4.32. The van der Waals surface area contributed by atoms with Gasteiger partial charge >= 0.3 is 0 Å². The van der Waals surface area contributed by atoms with Gasteiger partial charge in [0, 0.05) is 31.1 Å². The second-order valence-electron chi connectivity index (χ2n) is 5.13. The molecule has 0 bridgehead atoms. The van der Waals surface area contributed by atoms with Crippen LogP contribution in [0.15, 0.2) is 24.3 Å². The van der Waals surface area contributed by atoms with Crippen molar-refractivity contribution in [1.82, 2.24) is 10.0 Å². The largest absolute Gasteiger partial charge is 0.497 e. The standard InChI is InChI=1S/C17H22N2O4/c1-4-16(20)18-10-5-11-19(18)17(21)9-6-13-12-14(22-2)7-8-15(13)23-3/h6-9,12H,4-5,10-11H2,1-3H3. The van der Waals surface area contributed by atoms with Crippen LogP contribution in [0.3, 0.4) is 0 Å². The van der Waals surface area contributed by atoms with E-state index in [1.54, 1.807) is 45.4 Å². The molecule has 1 aliphatic rings. The minimum absolute atomic E-state index is 0.0387. The number of ether oxygens (including phenoxy) is 2. The molecule has 1 aromatic carbocycles. The van der Waals surface area contributed by atoms with E-state index in [0.29, 0.717) is 31.0 Å². The molecule has 1 fully saturated rings. The fourth-order valence-corrected chi connectivity index (χ4v) is 2.50. The fraction of sp³-hybridized carbons (Fsp3) is 0.412. The quantitative estimate of drug-likeness (QED) is 0.780. The average Bonchev–Trinajstić information content (AvgIpc) is 3.08. The molecule has 0 aliphatic carbocycles. The molecule has 1 heterocycles. The lowest BCUT2D eigenvalue weighted by Crippen LogP contribution is -2.43. The molecule has 0 saturated carbocycles. The van der Waals surface area contributed by atoms with Crippen molar-refractivity contribution in [2.45, 2.75) is 19.8 Å². The summed E-state index contributed by atoms with van der Waals surface area (Å²) in [5.41, 5.74) is 0.743. The Morgan fingerprint density at radius 2 is 1.91 bits per heavy atom. The van der Waals surface area contributed by atoms with Crippen LogP contribution in [0.4, 0.5) is 0 Å². The zero-order valence-electron chi connectivity index (χ0n) is 13.7. The van der Waals surface area contributed by atoms with E-state index in [0.717, 1.165) is 12.0 Å². The Bertz CT molecular complexity index is 613. The number of hydrogen-bond acceptors (Lipinski definition) is 4. The van der Waals surface area contributed by atoms with Gasteiger partial charge in [0.15, 0.2) is 0 Å². The van der Waals surface area contributed by atoms with Crippen molar-refractivity contribution in [3.05, 3.63) is 29.8 Å². The summed E-state index contributed by atoms with van der Waals surface area (Å²) in [6.45, 7) is 2.94. The van der Waals surface area contributed by atoms with Gasteiger partial charge in [0.2, 0.25) is 5.91 Å². The molecule has 1 aromatic rings. The first kappa shape index (κ1) is 16.9. The first-order chi connectivity index (χ1) is 11.1. The van der Waals surface area contributed by atoms with Crippen LogP contribution in [0.25, 0.3) is 6.08 Å². The smallest absolute Gasteiger partial charge is 0.265 e. The second kappa shape index (κ2) is 7.67. The molecule has 0 N–H and O–H groups in total. The van der Waals surface area contributed by atoms with Crippen molar-refractivity contribution >= 4 is 17.9 Å². The molecular formula is C17H22N2O4. The zero-order chi connectivity index (χ0) is 16.8. The fourth-order valence-electron chi connectivity index (χ4n) is 2.50. The van der Waals surface area contributed by atoms with Crippen LogP contribution < -0.4 is 9.47 Å². The number of hydrogen-bond donors (Lipinski definition) is 0. The first-order valence-corrected chi connectivity index (χ1v) is 7.62. The van der Waals surface area contributed by atoms with Crippen LogP contribution in [-0.4, -0.2) is 49.1 Å². The van der Waals surface area contributed by atoms with Gasteiger partial charge in [-0.05, 0) is 30.7 Å². The third-order valence-electron chi connectivity index (χ3n) is 3.72. The molecule has 23 heavy (non-hydrogen) atoms. The van der Waals surface area contributed by atoms with Gasteiger partial charge in [-0.1, -0.05) is 6.92 Å². The highest BCUT2D eigenvalue weighted by Crippen LogP contribution is 2.25. The summed E-state index contributed by atoms with van der Waals surface area (Å²) >= 11 is 0. The van der Waals surface area contributed by atoms with E-state index in [2.05, 4.69) is 0 Å². The maximum Gasteiger partial charge on any atom is 0.265 e. The van der Waals surface area contributed by atoms with Crippen molar-refractivity contribution in [1.29, 1.82) is 0 Å². The first-order valence-electron chi connectivity index (χ1n) is 7.62. The van der Waals surface area contributed by atoms with Gasteiger partial charge in [-0.25, -0.2) is 5.01 Å². The molecule has 0 unspecified atom stereocenters. The summed E-state index contributed by atoms with van der Waals surface area (Å²) in [5, 5.41) is 3.02. The normalized spacial score (nSPS) is 14.4. The van der Waals surface area contributed by atoms with E-state index in [9.17, 15) is 9.59 Å². The third-order valence-corrected chi connectivity index (χ3v) is 3.72. The number of amides is 2. The molecule has 0 spiro atoms. The maximum absolute atomic E-state index is 12.4. The Morgan fingerprint density at radius 1 is 1.17 bits per heavy atom. The Hall–Kier alpha value is -2.50. The predicted molar refractivity (Wildman–Crippen MR) is 86.9 cm³/mol. The summed E-state index contributed by atoms with van der Waals surface area (Å²) in [5.74, 6) is 1.08. The summed E-state index contributed by atoms with van der Waals surface area (Å²) < 4.78 is 10.5. The summed E-state index contributed by atoms with van der Waals surface area (Å²) in [4.78, 5) is 24.2. The molecule has 124 valence electrons. The van der Waals surface area contributed by atoms with Crippen molar-refractivity contribution in [3.8, 4) is 11.5 Å². The van der Waals surface area contributed by atoms with Crippen LogP contribution in [-0.2, 0) is 9.59 Å². The molecule has 2 amide bonds. The Balaban J connectivity index is 2.16. The number of carbonyl (C=O) groups is 2. The SMILES string of the molecule is CCC(=O)N1CCCN1C(=O)C=Cc1cc(OC)ccc1OC. The van der Waals surface area contributed by atoms with E-state index >= 15 is 0 Å². The lowest BCUT2D eigenvalue weighted by atomic mass is 10.1. The van der Waals surface area contributed by atoms with E-state index in [1.165, 1.54) is 16.1 Å². The number of methoxy groups -OCH3 is 2. The highest BCUT2D eigenvalue weighted by molar-refractivity contribution is 5.93. The highest BCUT2D eigenvalue weighted by atomic mass is 16.5. The predicted octanol–water partition coefficient (Wildman–Crippen LogP) is 2.10. The van der Waals surface area contributed by atoms with Gasteiger partial charge in [-0.3, -0.25) is 14.6 Å². The molecule has 1 aliphatic heterocycles. The molecule has 6 nitrogen and oxygen atoms in total. The second-order valence-corrected chi connectivity index (χ2v) is 5.13. The van der Waals surface area contributed by atoms with Crippen LogP contribution in [0, 0.1) is 0 Å². The molecule has 0 radical (unpaired) electrons. The van der Waals surface area contributed by atoms with E-state index in [4.69, 9.17) is 9.47 Å². The molecule has 0 aromatic heterocycles. The Morgan fingerprint density at radius 3 is 2.57 bits per heavy atom. The van der Waals surface area contributed by atoms with Crippen molar-refractivity contribution < 1.29 is 19.1 Å². The molecule has 2 rings (SSSR count). The van der Waals surface area contributed by atoms with Crippen molar-refractivity contribution in [2.24, 2.45) is 0 Å². The monoisotopic (exact) mass is 318 g/mol. The number of hydrazine groups is 1. The van der Waals surface area contributed by atoms with Gasteiger partial charge in [-0.2, -0.15) is 0 Å². The number of rotatable bonds is 5.